The van der Waals surface area contributed by atoms with Crippen LogP contribution in [0.1, 0.15) is 15.9 Å². The topological polar surface area (TPSA) is 59.8 Å². The number of rotatable bonds is 4. The predicted octanol–water partition coefficient (Wildman–Crippen LogP) is 4.77. The monoisotopic (exact) mass is 440 g/mol. The Balaban J connectivity index is 1.61. The zero-order chi connectivity index (χ0) is 18.8. The van der Waals surface area contributed by atoms with Crippen LogP contribution in [-0.2, 0) is 6.54 Å². The van der Waals surface area contributed by atoms with Gasteiger partial charge in [-0.1, -0.05) is 23.7 Å². The highest BCUT2D eigenvalue weighted by atomic mass is 79.9. The third-order valence-corrected chi connectivity index (χ3v) is 4.89. The number of benzene rings is 2. The van der Waals surface area contributed by atoms with E-state index in [1.165, 1.54) is 0 Å². The zero-order valence-corrected chi connectivity index (χ0v) is 16.4. The molecule has 0 bridgehead atoms. The molecule has 1 amide bonds. The summed E-state index contributed by atoms with van der Waals surface area (Å²) in [6, 6.07) is 16.8. The molecule has 5 nitrogen and oxygen atoms in total. The first-order valence-corrected chi connectivity index (χ1v) is 9.40. The summed E-state index contributed by atoms with van der Waals surface area (Å²) in [5.41, 5.74) is 3.25. The van der Waals surface area contributed by atoms with Gasteiger partial charge in [-0.15, -0.1) is 0 Å². The fraction of sp³-hybridized carbons (Fsp3) is 0.0500. The highest BCUT2D eigenvalue weighted by molar-refractivity contribution is 9.10. The summed E-state index contributed by atoms with van der Waals surface area (Å²) in [4.78, 5) is 16.9. The normalized spacial score (nSPS) is 10.9. The van der Waals surface area contributed by atoms with E-state index in [1.807, 2.05) is 48.5 Å². The van der Waals surface area contributed by atoms with E-state index in [1.54, 1.807) is 23.1 Å². The average molecular weight is 442 g/mol. The predicted molar refractivity (Wildman–Crippen MR) is 109 cm³/mol. The lowest BCUT2D eigenvalue weighted by molar-refractivity contribution is 0.0952. The van der Waals surface area contributed by atoms with E-state index in [2.05, 4.69) is 31.3 Å². The number of nitrogens with zero attached hydrogens (tertiary/aromatic N) is 3. The molecule has 0 saturated carbocycles. The van der Waals surface area contributed by atoms with E-state index in [4.69, 9.17) is 11.6 Å². The van der Waals surface area contributed by atoms with E-state index >= 15 is 0 Å². The van der Waals surface area contributed by atoms with Gasteiger partial charge in [0, 0.05) is 23.2 Å². The number of halogens is 2. The molecule has 0 radical (unpaired) electrons. The molecule has 0 aliphatic heterocycles. The van der Waals surface area contributed by atoms with Gasteiger partial charge in [-0.05, 0) is 64.0 Å². The highest BCUT2D eigenvalue weighted by Crippen LogP contribution is 2.23. The maximum absolute atomic E-state index is 12.7. The van der Waals surface area contributed by atoms with Crippen molar-refractivity contribution in [2.24, 2.45) is 0 Å². The first-order valence-electron chi connectivity index (χ1n) is 8.23. The van der Waals surface area contributed by atoms with Gasteiger partial charge in [0.25, 0.3) is 5.91 Å². The van der Waals surface area contributed by atoms with E-state index in [-0.39, 0.29) is 5.91 Å². The molecule has 0 saturated heterocycles. The Labute approximate surface area is 169 Å². The molecule has 0 spiro atoms. The van der Waals surface area contributed by atoms with Gasteiger partial charge >= 0.3 is 0 Å². The molecular weight excluding hydrogens is 428 g/mol. The van der Waals surface area contributed by atoms with Crippen LogP contribution in [0.25, 0.3) is 16.6 Å². The Morgan fingerprint density at radius 2 is 1.89 bits per heavy atom. The molecule has 134 valence electrons. The minimum atomic E-state index is -0.154. The van der Waals surface area contributed by atoms with Crippen LogP contribution in [0.2, 0.25) is 5.02 Å². The van der Waals surface area contributed by atoms with Crippen molar-refractivity contribution in [3.05, 3.63) is 87.7 Å². The molecule has 0 aliphatic rings. The number of nitrogens with one attached hydrogen (secondary N) is 1. The van der Waals surface area contributed by atoms with Crippen molar-refractivity contribution in [3.63, 3.8) is 0 Å². The number of carbonyl (C=O) groups is 1. The second kappa shape index (κ2) is 7.50. The van der Waals surface area contributed by atoms with Crippen LogP contribution in [0, 0.1) is 0 Å². The van der Waals surface area contributed by atoms with Crippen molar-refractivity contribution in [1.82, 2.24) is 20.1 Å². The van der Waals surface area contributed by atoms with Gasteiger partial charge in [0.15, 0.2) is 0 Å². The van der Waals surface area contributed by atoms with Crippen molar-refractivity contribution in [2.75, 3.05) is 0 Å². The van der Waals surface area contributed by atoms with Crippen LogP contribution in [0.15, 0.2) is 71.6 Å². The van der Waals surface area contributed by atoms with Gasteiger partial charge < -0.3 is 5.32 Å². The molecule has 2 aromatic heterocycles. The third-order valence-electron chi connectivity index (χ3n) is 4.17. The quantitative estimate of drug-likeness (QED) is 0.464. The summed E-state index contributed by atoms with van der Waals surface area (Å²) in [6.07, 6.45) is 3.43. The largest absolute Gasteiger partial charge is 0.348 e. The van der Waals surface area contributed by atoms with Crippen LogP contribution in [0.3, 0.4) is 0 Å². The molecule has 1 N–H and O–H groups in total. The number of pyridine rings is 1. The van der Waals surface area contributed by atoms with Gasteiger partial charge in [0.05, 0.1) is 23.0 Å². The SMILES string of the molecule is O=C(NCc1ccc(Br)nc1)c1cccc2c1cnn2-c1ccc(Cl)cc1. The first kappa shape index (κ1) is 17.7. The third kappa shape index (κ3) is 3.72. The molecule has 2 aromatic carbocycles. The molecule has 27 heavy (non-hydrogen) atoms. The lowest BCUT2D eigenvalue weighted by atomic mass is 10.1. The zero-order valence-electron chi connectivity index (χ0n) is 14.1. The fourth-order valence-corrected chi connectivity index (χ4v) is 3.19. The van der Waals surface area contributed by atoms with Crippen LogP contribution in [0.5, 0.6) is 0 Å². The number of aromatic nitrogens is 3. The smallest absolute Gasteiger partial charge is 0.252 e. The van der Waals surface area contributed by atoms with Crippen molar-refractivity contribution in [2.45, 2.75) is 6.54 Å². The summed E-state index contributed by atoms with van der Waals surface area (Å²) in [5.74, 6) is -0.154. The lowest BCUT2D eigenvalue weighted by Gasteiger charge is -2.07. The van der Waals surface area contributed by atoms with Gasteiger partial charge in [0.1, 0.15) is 4.60 Å². The Morgan fingerprint density at radius 1 is 1.07 bits per heavy atom. The van der Waals surface area contributed by atoms with Crippen molar-refractivity contribution in [1.29, 1.82) is 0 Å². The van der Waals surface area contributed by atoms with E-state index in [0.717, 1.165) is 26.8 Å². The Morgan fingerprint density at radius 3 is 2.63 bits per heavy atom. The molecule has 0 aliphatic carbocycles. The average Bonchev–Trinajstić information content (AvgIpc) is 3.12. The summed E-state index contributed by atoms with van der Waals surface area (Å²) in [5, 5.41) is 8.83. The number of carbonyl (C=O) groups excluding carboxylic acids is 1. The second-order valence-corrected chi connectivity index (χ2v) is 7.19. The Hall–Kier alpha value is -2.70. The first-order chi connectivity index (χ1) is 13.1. The Kier molecular flexibility index (Phi) is 4.92. The van der Waals surface area contributed by atoms with Crippen molar-refractivity contribution in [3.8, 4) is 5.69 Å². The molecule has 7 heteroatoms. The summed E-state index contributed by atoms with van der Waals surface area (Å²) in [6.45, 7) is 0.404. The number of amides is 1. The molecule has 0 fully saturated rings. The van der Waals surface area contributed by atoms with Crippen LogP contribution in [0.4, 0.5) is 0 Å². The number of hydrogen-bond acceptors (Lipinski definition) is 3. The minimum Gasteiger partial charge on any atom is -0.348 e. The van der Waals surface area contributed by atoms with Crippen LogP contribution < -0.4 is 5.32 Å². The van der Waals surface area contributed by atoms with Crippen LogP contribution in [-0.4, -0.2) is 20.7 Å². The molecule has 0 unspecified atom stereocenters. The van der Waals surface area contributed by atoms with Gasteiger partial charge in [0.2, 0.25) is 0 Å². The summed E-state index contributed by atoms with van der Waals surface area (Å²) < 4.78 is 2.55. The standard InChI is InChI=1S/C20H14BrClN4O/c21-19-9-4-13(10-23-19)11-24-20(27)16-2-1-3-18-17(16)12-25-26(18)15-7-5-14(22)6-8-15/h1-10,12H,11H2,(H,24,27). The minimum absolute atomic E-state index is 0.154. The van der Waals surface area contributed by atoms with E-state index < -0.39 is 0 Å². The molecule has 4 aromatic rings. The maximum atomic E-state index is 12.7. The molecule has 2 heterocycles. The van der Waals surface area contributed by atoms with Crippen LogP contribution >= 0.6 is 27.5 Å². The summed E-state index contributed by atoms with van der Waals surface area (Å²) >= 11 is 9.26. The van der Waals surface area contributed by atoms with Crippen molar-refractivity contribution >= 4 is 44.3 Å². The van der Waals surface area contributed by atoms with E-state index in [9.17, 15) is 4.79 Å². The highest BCUT2D eigenvalue weighted by Gasteiger charge is 2.14. The second-order valence-electron chi connectivity index (χ2n) is 5.94. The van der Waals surface area contributed by atoms with Gasteiger partial charge in [-0.2, -0.15) is 5.10 Å². The molecule has 4 rings (SSSR count). The fourth-order valence-electron chi connectivity index (χ4n) is 2.83. The van der Waals surface area contributed by atoms with Gasteiger partial charge in [-0.25, -0.2) is 9.67 Å². The number of fused-ring (bicyclic) bond motifs is 1. The van der Waals surface area contributed by atoms with Crippen molar-refractivity contribution < 1.29 is 4.79 Å². The van der Waals surface area contributed by atoms with E-state index in [0.29, 0.717) is 17.1 Å². The molecular formula is C20H14BrClN4O. The lowest BCUT2D eigenvalue weighted by Crippen LogP contribution is -2.23. The summed E-state index contributed by atoms with van der Waals surface area (Å²) in [7, 11) is 0. The molecule has 0 atom stereocenters. The number of hydrogen-bond donors (Lipinski definition) is 1. The maximum Gasteiger partial charge on any atom is 0.252 e. The van der Waals surface area contributed by atoms with Gasteiger partial charge in [-0.3, -0.25) is 4.79 Å². The Bertz CT molecular complexity index is 1110.